The van der Waals surface area contributed by atoms with E-state index in [2.05, 4.69) is 46.4 Å². The Kier molecular flexibility index (Phi) is 3.26. The van der Waals surface area contributed by atoms with Crippen molar-refractivity contribution in [2.24, 2.45) is 0 Å². The second-order valence-electron chi connectivity index (χ2n) is 5.39. The third-order valence-corrected chi connectivity index (χ3v) is 3.51. The number of nitrogens with one attached hydrogen (secondary N) is 1. The molecule has 1 fully saturated rings. The van der Waals surface area contributed by atoms with E-state index in [0.29, 0.717) is 18.4 Å². The van der Waals surface area contributed by atoms with E-state index in [1.54, 1.807) is 6.92 Å². The lowest BCUT2D eigenvalue weighted by molar-refractivity contribution is 0.0718. The van der Waals surface area contributed by atoms with Crippen LogP contribution in [0.25, 0.3) is 0 Å². The van der Waals surface area contributed by atoms with Gasteiger partial charge in [-0.3, -0.25) is 9.89 Å². The fraction of sp³-hybridized carbons (Fsp3) is 0.400. The number of aromatic nitrogens is 3. The second kappa shape index (κ2) is 5.07. The Balaban J connectivity index is 1.79. The third kappa shape index (κ3) is 2.71. The van der Waals surface area contributed by atoms with Crippen LogP contribution in [0.5, 0.6) is 0 Å². The molecule has 0 atom stereocenters. The second-order valence-corrected chi connectivity index (χ2v) is 5.39. The average Bonchev–Trinajstić information content (AvgIpc) is 3.19. The van der Waals surface area contributed by atoms with Crippen molar-refractivity contribution in [3.8, 4) is 0 Å². The molecule has 1 saturated carbocycles. The van der Waals surface area contributed by atoms with Gasteiger partial charge in [0.2, 0.25) is 5.82 Å². The summed E-state index contributed by atoms with van der Waals surface area (Å²) < 4.78 is 0. The number of aromatic amines is 1. The largest absolute Gasteiger partial charge is 0.329 e. The molecule has 20 heavy (non-hydrogen) atoms. The lowest BCUT2D eigenvalue weighted by atomic mass is 10.1. The van der Waals surface area contributed by atoms with Crippen LogP contribution in [-0.2, 0) is 6.54 Å². The number of nitrogens with zero attached hydrogens (tertiary/aromatic N) is 3. The molecule has 1 aliphatic carbocycles. The molecule has 1 aromatic heterocycles. The summed E-state index contributed by atoms with van der Waals surface area (Å²) in [4.78, 5) is 18.5. The molecule has 5 heteroatoms. The Morgan fingerprint density at radius 2 is 2.00 bits per heavy atom. The first kappa shape index (κ1) is 12.8. The summed E-state index contributed by atoms with van der Waals surface area (Å²) in [5.41, 5.74) is 2.37. The maximum absolute atomic E-state index is 12.5. The van der Waals surface area contributed by atoms with E-state index >= 15 is 0 Å². The van der Waals surface area contributed by atoms with Crippen molar-refractivity contribution in [2.45, 2.75) is 39.3 Å². The van der Waals surface area contributed by atoms with Crippen molar-refractivity contribution in [1.29, 1.82) is 0 Å². The minimum Gasteiger partial charge on any atom is -0.329 e. The van der Waals surface area contributed by atoms with Crippen LogP contribution in [-0.4, -0.2) is 32.0 Å². The minimum absolute atomic E-state index is 0.0857. The number of hydrogen-bond donors (Lipinski definition) is 1. The summed E-state index contributed by atoms with van der Waals surface area (Å²) in [6.45, 7) is 4.48. The molecule has 0 radical (unpaired) electrons. The topological polar surface area (TPSA) is 61.9 Å². The smallest absolute Gasteiger partial charge is 0.294 e. The number of aryl methyl sites for hydroxylation is 2. The quantitative estimate of drug-likeness (QED) is 0.926. The van der Waals surface area contributed by atoms with E-state index in [4.69, 9.17) is 0 Å². The minimum atomic E-state index is -0.0857. The van der Waals surface area contributed by atoms with Gasteiger partial charge in [-0.25, -0.2) is 4.98 Å². The highest BCUT2D eigenvalue weighted by molar-refractivity contribution is 5.90. The zero-order valence-corrected chi connectivity index (χ0v) is 11.8. The summed E-state index contributed by atoms with van der Waals surface area (Å²) in [7, 11) is 0. The summed E-state index contributed by atoms with van der Waals surface area (Å²) >= 11 is 0. The summed E-state index contributed by atoms with van der Waals surface area (Å²) in [5.74, 6) is 0.846. The number of carbonyl (C=O) groups is 1. The van der Waals surface area contributed by atoms with Gasteiger partial charge >= 0.3 is 0 Å². The molecule has 2 aromatic rings. The van der Waals surface area contributed by atoms with Crippen molar-refractivity contribution in [3.63, 3.8) is 0 Å². The van der Waals surface area contributed by atoms with Crippen LogP contribution in [0.3, 0.4) is 0 Å². The molecule has 104 valence electrons. The Morgan fingerprint density at radius 3 is 2.55 bits per heavy atom. The third-order valence-electron chi connectivity index (χ3n) is 3.51. The number of carbonyl (C=O) groups excluding carboxylic acids is 1. The molecule has 1 N–H and O–H groups in total. The van der Waals surface area contributed by atoms with Crippen molar-refractivity contribution in [1.82, 2.24) is 20.1 Å². The van der Waals surface area contributed by atoms with Gasteiger partial charge in [-0.2, -0.15) is 0 Å². The van der Waals surface area contributed by atoms with E-state index in [1.165, 1.54) is 5.56 Å². The van der Waals surface area contributed by atoms with Crippen LogP contribution in [0.2, 0.25) is 0 Å². The lowest BCUT2D eigenvalue weighted by Crippen LogP contribution is -2.33. The fourth-order valence-electron chi connectivity index (χ4n) is 2.21. The van der Waals surface area contributed by atoms with Crippen molar-refractivity contribution in [3.05, 3.63) is 47.0 Å². The van der Waals surface area contributed by atoms with Crippen LogP contribution in [0.15, 0.2) is 24.3 Å². The normalized spacial score (nSPS) is 14.3. The first-order chi connectivity index (χ1) is 9.63. The Hall–Kier alpha value is -2.17. The monoisotopic (exact) mass is 270 g/mol. The summed E-state index contributed by atoms with van der Waals surface area (Å²) in [6.07, 6.45) is 2.14. The molecule has 1 aliphatic rings. The van der Waals surface area contributed by atoms with Gasteiger partial charge in [0, 0.05) is 12.6 Å². The first-order valence-corrected chi connectivity index (χ1v) is 6.89. The molecule has 0 bridgehead atoms. The fourth-order valence-corrected chi connectivity index (χ4v) is 2.21. The lowest BCUT2D eigenvalue weighted by Gasteiger charge is -2.21. The molecule has 1 amide bonds. The standard InChI is InChI=1S/C15H18N4O/c1-10-3-5-12(6-4-10)9-19(13-7-8-13)15(20)14-16-11(2)17-18-14/h3-6,13H,7-9H2,1-2H3,(H,16,17,18). The summed E-state index contributed by atoms with van der Waals surface area (Å²) in [5, 5.41) is 6.70. The van der Waals surface area contributed by atoms with E-state index in [0.717, 1.165) is 18.4 Å². The van der Waals surface area contributed by atoms with Gasteiger partial charge in [0.05, 0.1) is 0 Å². The zero-order valence-electron chi connectivity index (χ0n) is 11.8. The predicted octanol–water partition coefficient (Wildman–Crippen LogP) is 2.23. The van der Waals surface area contributed by atoms with Crippen LogP contribution in [0.4, 0.5) is 0 Å². The van der Waals surface area contributed by atoms with Gasteiger partial charge in [-0.15, -0.1) is 5.10 Å². The molecule has 5 nitrogen and oxygen atoms in total. The van der Waals surface area contributed by atoms with Crippen LogP contribution in [0, 0.1) is 13.8 Å². The molecule has 3 rings (SSSR count). The van der Waals surface area contributed by atoms with Crippen molar-refractivity contribution >= 4 is 5.91 Å². The highest BCUT2D eigenvalue weighted by Gasteiger charge is 2.34. The van der Waals surface area contributed by atoms with Gasteiger partial charge in [0.15, 0.2) is 0 Å². The van der Waals surface area contributed by atoms with Crippen LogP contribution < -0.4 is 0 Å². The molecule has 0 saturated heterocycles. The Bertz CT molecular complexity index is 613. The highest BCUT2D eigenvalue weighted by atomic mass is 16.2. The van der Waals surface area contributed by atoms with Crippen molar-refractivity contribution < 1.29 is 4.79 Å². The highest BCUT2D eigenvalue weighted by Crippen LogP contribution is 2.29. The number of rotatable bonds is 4. The van der Waals surface area contributed by atoms with Gasteiger partial charge in [-0.05, 0) is 32.3 Å². The zero-order chi connectivity index (χ0) is 14.1. The van der Waals surface area contributed by atoms with Gasteiger partial charge in [-0.1, -0.05) is 29.8 Å². The van der Waals surface area contributed by atoms with Gasteiger partial charge in [0.25, 0.3) is 5.91 Å². The maximum atomic E-state index is 12.5. The van der Waals surface area contributed by atoms with E-state index < -0.39 is 0 Å². The van der Waals surface area contributed by atoms with E-state index in [-0.39, 0.29) is 11.7 Å². The number of benzene rings is 1. The van der Waals surface area contributed by atoms with Gasteiger partial charge < -0.3 is 4.90 Å². The Labute approximate surface area is 118 Å². The average molecular weight is 270 g/mol. The van der Waals surface area contributed by atoms with E-state index in [1.807, 2.05) is 4.90 Å². The summed E-state index contributed by atoms with van der Waals surface area (Å²) in [6, 6.07) is 8.62. The molecule has 1 aromatic carbocycles. The van der Waals surface area contributed by atoms with Gasteiger partial charge in [0.1, 0.15) is 5.82 Å². The van der Waals surface area contributed by atoms with Crippen LogP contribution in [0.1, 0.15) is 40.4 Å². The molecule has 0 aliphatic heterocycles. The van der Waals surface area contributed by atoms with Crippen LogP contribution >= 0.6 is 0 Å². The van der Waals surface area contributed by atoms with Crippen molar-refractivity contribution in [2.75, 3.05) is 0 Å². The number of H-pyrrole nitrogens is 1. The van der Waals surface area contributed by atoms with E-state index in [9.17, 15) is 4.79 Å². The molecule has 1 heterocycles. The molecular weight excluding hydrogens is 252 g/mol. The Morgan fingerprint density at radius 1 is 1.30 bits per heavy atom. The number of amides is 1. The maximum Gasteiger partial charge on any atom is 0.294 e. The molecule has 0 unspecified atom stereocenters. The first-order valence-electron chi connectivity index (χ1n) is 6.89. The molecule has 0 spiro atoms. The SMILES string of the molecule is Cc1ccc(CN(C(=O)c2n[nH]c(C)n2)C2CC2)cc1. The predicted molar refractivity (Wildman–Crippen MR) is 75.2 cm³/mol. The molecular formula is C15H18N4O. The number of hydrogen-bond acceptors (Lipinski definition) is 3.